The average molecular weight is 295 g/mol. The first kappa shape index (κ1) is 20.5. The van der Waals surface area contributed by atoms with Gasteiger partial charge in [-0.05, 0) is 17.5 Å². The maximum absolute atomic E-state index is 10.3. The van der Waals surface area contributed by atoms with E-state index in [0.29, 0.717) is 6.61 Å². The van der Waals surface area contributed by atoms with Crippen molar-refractivity contribution in [3.05, 3.63) is 67.2 Å². The van der Waals surface area contributed by atoms with Gasteiger partial charge in [0.25, 0.3) is 0 Å². The van der Waals surface area contributed by atoms with Crippen LogP contribution in [0.15, 0.2) is 61.7 Å². The number of carbonyl (C=O) groups is 1. The third-order valence-electron chi connectivity index (χ3n) is 1.94. The lowest BCUT2D eigenvalue weighted by atomic mass is 10.2. The van der Waals surface area contributed by atoms with E-state index < -0.39 is 0 Å². The first-order valence-electron chi connectivity index (χ1n) is 6.34. The van der Waals surface area contributed by atoms with Gasteiger partial charge in [0.2, 0.25) is 0 Å². The molecule has 1 aromatic rings. The summed E-state index contributed by atoms with van der Waals surface area (Å²) in [5.74, 6) is -0.330. The Morgan fingerprint density at radius 1 is 1.25 bits per heavy atom. The van der Waals surface area contributed by atoms with Crippen LogP contribution < -0.4 is 0 Å². The maximum Gasteiger partial charge on any atom is 0.330 e. The molecule has 0 N–H and O–H groups in total. The molecule has 0 bridgehead atoms. The summed E-state index contributed by atoms with van der Waals surface area (Å²) >= 11 is 4.76. The van der Waals surface area contributed by atoms with Gasteiger partial charge in [-0.2, -0.15) is 0 Å². The van der Waals surface area contributed by atoms with Gasteiger partial charge < -0.3 is 4.74 Å². The van der Waals surface area contributed by atoms with Crippen LogP contribution in [0.1, 0.15) is 25.3 Å². The molecule has 3 heteroatoms. The smallest absolute Gasteiger partial charge is 0.330 e. The van der Waals surface area contributed by atoms with Gasteiger partial charge in [0.05, 0.1) is 6.61 Å². The number of esters is 1. The first-order chi connectivity index (χ1) is 9.65. The Kier molecular flexibility index (Phi) is 17.6. The summed E-state index contributed by atoms with van der Waals surface area (Å²) < 4.78 is 4.67. The second-order valence-corrected chi connectivity index (χ2v) is 3.80. The van der Waals surface area contributed by atoms with Crippen molar-refractivity contribution in [2.45, 2.75) is 19.8 Å². The number of hydrogen-bond acceptors (Lipinski definition) is 2. The highest BCUT2D eigenvalue weighted by Crippen LogP contribution is 1.97. The Balaban J connectivity index is 0. The van der Waals surface area contributed by atoms with E-state index in [-0.39, 0.29) is 5.97 Å². The predicted octanol–water partition coefficient (Wildman–Crippen LogP) is 5.21. The molecule has 0 aromatic heterocycles. The Morgan fingerprint density at radius 2 is 1.80 bits per heavy atom. The van der Waals surface area contributed by atoms with Gasteiger partial charge in [-0.15, -0.1) is 0 Å². The van der Waals surface area contributed by atoms with Crippen LogP contribution in [0.3, 0.4) is 0 Å². The fourth-order valence-electron chi connectivity index (χ4n) is 0.965. The number of unbranched alkanes of at least 4 members (excludes halogenated alkanes) is 1. The molecule has 0 unspecified atom stereocenters. The normalized spacial score (nSPS) is 7.90. The van der Waals surface area contributed by atoms with Crippen molar-refractivity contribution in [1.29, 1.82) is 0 Å². The highest BCUT2D eigenvalue weighted by atomic mass is 35.5. The molecule has 2 nitrogen and oxygen atoms in total. The minimum atomic E-state index is -0.330. The molecule has 0 spiro atoms. The molecule has 0 aliphatic heterocycles. The lowest BCUT2D eigenvalue weighted by Gasteiger charge is -1.97. The van der Waals surface area contributed by atoms with E-state index >= 15 is 0 Å². The van der Waals surface area contributed by atoms with Gasteiger partial charge in [-0.3, -0.25) is 0 Å². The van der Waals surface area contributed by atoms with Crippen molar-refractivity contribution in [3.8, 4) is 0 Å². The molecule has 1 aromatic carbocycles. The van der Waals surface area contributed by atoms with E-state index in [9.17, 15) is 4.79 Å². The van der Waals surface area contributed by atoms with E-state index in [1.165, 1.54) is 17.2 Å². The van der Waals surface area contributed by atoms with Crippen molar-refractivity contribution in [2.75, 3.05) is 6.61 Å². The van der Waals surface area contributed by atoms with Gasteiger partial charge in [-0.1, -0.05) is 81.1 Å². The maximum atomic E-state index is 10.3. The van der Waals surface area contributed by atoms with Crippen molar-refractivity contribution >= 4 is 23.6 Å². The van der Waals surface area contributed by atoms with Gasteiger partial charge in [0.1, 0.15) is 0 Å². The zero-order valence-corrected chi connectivity index (χ0v) is 12.8. The summed E-state index contributed by atoms with van der Waals surface area (Å²) in [6.07, 6.45) is 4.99. The minimum absolute atomic E-state index is 0.330. The molecule has 110 valence electrons. The Hall–Kier alpha value is -1.80. The van der Waals surface area contributed by atoms with Gasteiger partial charge in [0, 0.05) is 6.08 Å². The van der Waals surface area contributed by atoms with Crippen LogP contribution in [-0.2, 0) is 9.53 Å². The van der Waals surface area contributed by atoms with E-state index in [2.05, 4.69) is 24.5 Å². The number of ether oxygens (including phenoxy) is 1. The third-order valence-corrected chi connectivity index (χ3v) is 1.94. The number of carbonyl (C=O) groups excluding carboxylic acids is 1. The first-order valence-corrected chi connectivity index (χ1v) is 6.77. The fourth-order valence-corrected chi connectivity index (χ4v) is 0.965. The quantitative estimate of drug-likeness (QED) is 0.423. The van der Waals surface area contributed by atoms with E-state index in [4.69, 9.17) is 11.6 Å². The largest absolute Gasteiger partial charge is 0.463 e. The number of rotatable bonds is 5. The second-order valence-electron chi connectivity index (χ2n) is 3.49. The van der Waals surface area contributed by atoms with Gasteiger partial charge in [-0.25, -0.2) is 4.79 Å². The molecule has 0 aliphatic carbocycles. The molecule has 0 amide bonds. The van der Waals surface area contributed by atoms with Crippen molar-refractivity contribution in [1.82, 2.24) is 0 Å². The average Bonchev–Trinajstić information content (AvgIpc) is 2.49. The highest BCUT2D eigenvalue weighted by molar-refractivity contribution is 6.25. The monoisotopic (exact) mass is 294 g/mol. The molecule has 0 saturated heterocycles. The lowest BCUT2D eigenvalue weighted by Crippen LogP contribution is -2.00. The Labute approximate surface area is 127 Å². The second kappa shape index (κ2) is 17.2. The van der Waals surface area contributed by atoms with Crippen LogP contribution in [-0.4, -0.2) is 12.6 Å². The van der Waals surface area contributed by atoms with E-state index in [1.807, 2.05) is 43.3 Å². The molecular formula is C17H23ClO2. The lowest BCUT2D eigenvalue weighted by molar-refractivity contribution is -0.137. The fraction of sp³-hybridized carbons (Fsp3) is 0.235. The van der Waals surface area contributed by atoms with Gasteiger partial charge in [0.15, 0.2) is 0 Å². The molecule has 0 heterocycles. The topological polar surface area (TPSA) is 26.3 Å². The summed E-state index contributed by atoms with van der Waals surface area (Å²) in [6.45, 7) is 12.6. The molecule has 0 radical (unpaired) electrons. The van der Waals surface area contributed by atoms with Crippen LogP contribution in [0, 0.1) is 0 Å². The zero-order chi connectivity index (χ0) is 15.6. The zero-order valence-electron chi connectivity index (χ0n) is 12.1. The van der Waals surface area contributed by atoms with Crippen molar-refractivity contribution in [2.24, 2.45) is 0 Å². The summed E-state index contributed by atoms with van der Waals surface area (Å²) in [5.41, 5.74) is 2.40. The molecule has 20 heavy (non-hydrogen) atoms. The molecule has 1 rings (SSSR count). The molecule has 0 aliphatic rings. The molecule has 0 saturated carbocycles. The highest BCUT2D eigenvalue weighted by Gasteiger charge is 1.91. The van der Waals surface area contributed by atoms with Crippen molar-refractivity contribution in [3.63, 3.8) is 0 Å². The summed E-state index contributed by atoms with van der Waals surface area (Å²) in [5, 5.41) is 0. The predicted molar refractivity (Wildman–Crippen MR) is 88.6 cm³/mol. The van der Waals surface area contributed by atoms with Crippen LogP contribution in [0.2, 0.25) is 0 Å². The Morgan fingerprint density at radius 3 is 2.15 bits per heavy atom. The SMILES string of the molecule is C=CC(=O)OCCCC.C=CCl.C=Cc1ccccc1. The minimum Gasteiger partial charge on any atom is -0.463 e. The standard InChI is InChI=1S/C8H8.C7H12O2.C2H3Cl/c1-2-8-6-4-3-5-7-8;1-3-5-6-9-7(8)4-2;1-2-3/h2-7H,1H2;4H,2-3,5-6H2,1H3;2H,1H2. The van der Waals surface area contributed by atoms with Crippen LogP contribution in [0.25, 0.3) is 6.08 Å². The van der Waals surface area contributed by atoms with E-state index in [1.54, 1.807) is 0 Å². The third kappa shape index (κ3) is 16.2. The number of hydrogen-bond donors (Lipinski definition) is 0. The van der Waals surface area contributed by atoms with Crippen molar-refractivity contribution < 1.29 is 9.53 Å². The molecule has 0 atom stereocenters. The Bertz CT molecular complexity index is 372. The van der Waals surface area contributed by atoms with Crippen LogP contribution in [0.5, 0.6) is 0 Å². The molecule has 0 fully saturated rings. The summed E-state index contributed by atoms with van der Waals surface area (Å²) in [7, 11) is 0. The van der Waals surface area contributed by atoms with Gasteiger partial charge >= 0.3 is 5.97 Å². The van der Waals surface area contributed by atoms with E-state index in [0.717, 1.165) is 12.8 Å². The van der Waals surface area contributed by atoms with Crippen LogP contribution >= 0.6 is 11.6 Å². The summed E-state index contributed by atoms with van der Waals surface area (Å²) in [4.78, 5) is 10.3. The number of halogens is 1. The summed E-state index contributed by atoms with van der Waals surface area (Å²) in [6, 6.07) is 10.0. The van der Waals surface area contributed by atoms with Crippen LogP contribution in [0.4, 0.5) is 0 Å². The number of benzene rings is 1. The molecular weight excluding hydrogens is 272 g/mol.